The molecule has 1 amide bonds. The number of hydrogen-bond acceptors (Lipinski definition) is 5. The van der Waals surface area contributed by atoms with Gasteiger partial charge in [-0.2, -0.15) is 0 Å². The van der Waals surface area contributed by atoms with E-state index in [9.17, 15) is 9.59 Å². The second kappa shape index (κ2) is 15.4. The molecule has 4 rings (SSSR count). The summed E-state index contributed by atoms with van der Waals surface area (Å²) in [5, 5.41) is 6.51. The van der Waals surface area contributed by atoms with Crippen LogP contribution in [0.1, 0.15) is 131 Å². The Morgan fingerprint density at radius 3 is 2.35 bits per heavy atom. The van der Waals surface area contributed by atoms with E-state index >= 15 is 0 Å². The predicted molar refractivity (Wildman–Crippen MR) is 176 cm³/mol. The van der Waals surface area contributed by atoms with Gasteiger partial charge in [0.1, 0.15) is 6.04 Å². The molecule has 0 aromatic carbocycles. The van der Waals surface area contributed by atoms with Gasteiger partial charge in [0.25, 0.3) is 0 Å². The minimum atomic E-state index is -0.558. The number of carbonyl (C=O) groups is 2. The molecule has 0 spiro atoms. The fraction of sp³-hybridized carbons (Fsp3) is 0.946. The summed E-state index contributed by atoms with van der Waals surface area (Å²) < 4.78 is 4.92. The average molecular weight is 602 g/mol. The predicted octanol–water partition coefficient (Wildman–Crippen LogP) is 7.10. The van der Waals surface area contributed by atoms with Crippen LogP contribution >= 0.6 is 0 Å². The van der Waals surface area contributed by atoms with Crippen LogP contribution in [0.4, 0.5) is 0 Å². The van der Waals surface area contributed by atoms with E-state index in [1.165, 1.54) is 84.2 Å². The largest absolute Gasteiger partial charge is 0.467 e. The molecule has 0 radical (unpaired) electrons. The van der Waals surface area contributed by atoms with Crippen LogP contribution in [0.2, 0.25) is 0 Å². The Morgan fingerprint density at radius 1 is 0.907 bits per heavy atom. The lowest BCUT2D eigenvalue weighted by atomic mass is 9.44. The number of esters is 1. The van der Waals surface area contributed by atoms with Gasteiger partial charge < -0.3 is 21.1 Å². The van der Waals surface area contributed by atoms with Crippen LogP contribution in [0.15, 0.2) is 0 Å². The zero-order valence-electron chi connectivity index (χ0n) is 28.7. The Hall–Kier alpha value is -1.14. The molecule has 0 bridgehead atoms. The number of nitrogens with one attached hydrogen (secondary N) is 2. The fourth-order valence-electron chi connectivity index (χ4n) is 11.0. The van der Waals surface area contributed by atoms with Crippen molar-refractivity contribution >= 4 is 11.9 Å². The van der Waals surface area contributed by atoms with E-state index in [-0.39, 0.29) is 17.8 Å². The maximum Gasteiger partial charge on any atom is 0.328 e. The number of nitrogens with two attached hydrogens (primary N) is 1. The molecule has 6 nitrogen and oxygen atoms in total. The van der Waals surface area contributed by atoms with Crippen molar-refractivity contribution in [3.63, 3.8) is 0 Å². The lowest BCUT2D eigenvalue weighted by Gasteiger charge is -2.61. The van der Waals surface area contributed by atoms with E-state index in [2.05, 4.69) is 31.4 Å². The second-order valence-corrected chi connectivity index (χ2v) is 16.2. The van der Waals surface area contributed by atoms with Crippen molar-refractivity contribution < 1.29 is 14.3 Å². The quantitative estimate of drug-likeness (QED) is 0.138. The lowest BCUT2D eigenvalue weighted by molar-refractivity contribution is -0.146. The molecular weight excluding hydrogens is 534 g/mol. The van der Waals surface area contributed by atoms with Gasteiger partial charge in [0.15, 0.2) is 0 Å². The fourth-order valence-corrected chi connectivity index (χ4v) is 11.0. The van der Waals surface area contributed by atoms with Gasteiger partial charge in [-0.15, -0.1) is 0 Å². The zero-order valence-corrected chi connectivity index (χ0v) is 28.7. The molecule has 6 heteroatoms. The third-order valence-electron chi connectivity index (χ3n) is 13.6. The lowest BCUT2D eigenvalue weighted by Crippen LogP contribution is -2.53. The molecular formula is C37H67N3O3. The molecule has 0 aromatic heterocycles. The first kappa shape index (κ1) is 34.7. The molecule has 248 valence electrons. The standard InChI is InChI=1S/C37H67N3O3/c1-25(2)34(35(42)43-6)40-33(41)16-11-26(3)30-14-15-31-29-13-12-28-24-27(10-7-8-22-39-23-9-21-38)17-19-36(28,4)32(29)18-20-37(30,31)5/h25-32,34,39H,7-24,38H2,1-6H3,(H,40,41)/t26-,27+,28-,29?,30-,31?,32?,34-,36+,37-/m1/s1. The van der Waals surface area contributed by atoms with E-state index in [1.54, 1.807) is 0 Å². The Balaban J connectivity index is 1.27. The number of unbranched alkanes of at least 4 members (excludes halogenated alkanes) is 1. The molecule has 4 aliphatic rings. The minimum absolute atomic E-state index is 0.0135. The molecule has 0 saturated heterocycles. The van der Waals surface area contributed by atoms with E-state index in [1.807, 2.05) is 13.8 Å². The van der Waals surface area contributed by atoms with Crippen LogP contribution in [0.3, 0.4) is 0 Å². The average Bonchev–Trinajstić information content (AvgIpc) is 3.35. The summed E-state index contributed by atoms with van der Waals surface area (Å²) >= 11 is 0. The van der Waals surface area contributed by atoms with Crippen molar-refractivity contribution in [2.75, 3.05) is 26.7 Å². The minimum Gasteiger partial charge on any atom is -0.467 e. The molecule has 4 saturated carbocycles. The Labute approximate surface area is 264 Å². The smallest absolute Gasteiger partial charge is 0.328 e. The van der Waals surface area contributed by atoms with Crippen molar-refractivity contribution in [1.82, 2.24) is 10.6 Å². The molecule has 4 N–H and O–H groups in total. The SMILES string of the molecule is COC(=O)[C@H](NC(=O)CC[C@@H](C)[C@H]1CCC2C3CC[C@@H]4C[C@@H](CCCCNCCCN)CC[C@]4(C)C3CC[C@@]21C)C(C)C. The normalized spacial score (nSPS) is 36.7. The number of amides is 1. The van der Waals surface area contributed by atoms with Gasteiger partial charge in [0, 0.05) is 6.42 Å². The van der Waals surface area contributed by atoms with Crippen molar-refractivity contribution in [1.29, 1.82) is 0 Å². The van der Waals surface area contributed by atoms with Crippen LogP contribution in [0.5, 0.6) is 0 Å². The first-order valence-corrected chi connectivity index (χ1v) is 18.3. The summed E-state index contributed by atoms with van der Waals surface area (Å²) in [6.07, 6.45) is 19.4. The number of hydrogen-bond donors (Lipinski definition) is 3. The summed E-state index contributed by atoms with van der Waals surface area (Å²) in [6, 6.07) is -0.558. The highest BCUT2D eigenvalue weighted by Crippen LogP contribution is 2.68. The van der Waals surface area contributed by atoms with Gasteiger partial charge in [-0.25, -0.2) is 4.79 Å². The number of methoxy groups -OCH3 is 1. The number of carbonyl (C=O) groups excluding carboxylic acids is 2. The van der Waals surface area contributed by atoms with E-state index in [0.717, 1.165) is 62.1 Å². The first-order valence-electron chi connectivity index (χ1n) is 18.3. The number of rotatable bonds is 15. The second-order valence-electron chi connectivity index (χ2n) is 16.2. The van der Waals surface area contributed by atoms with Gasteiger partial charge in [-0.05, 0) is 155 Å². The van der Waals surface area contributed by atoms with Crippen molar-refractivity contribution in [3.05, 3.63) is 0 Å². The van der Waals surface area contributed by atoms with Crippen LogP contribution in [0, 0.1) is 58.2 Å². The summed E-state index contributed by atoms with van der Waals surface area (Å²) in [6.45, 7) is 14.6. The topological polar surface area (TPSA) is 93.4 Å². The van der Waals surface area contributed by atoms with Crippen LogP contribution in [-0.4, -0.2) is 44.7 Å². The molecule has 4 aliphatic carbocycles. The van der Waals surface area contributed by atoms with Crippen molar-refractivity contribution in [3.8, 4) is 0 Å². The Bertz CT molecular complexity index is 910. The van der Waals surface area contributed by atoms with Crippen molar-refractivity contribution in [2.45, 2.75) is 137 Å². The summed E-state index contributed by atoms with van der Waals surface area (Å²) in [7, 11) is 1.39. The summed E-state index contributed by atoms with van der Waals surface area (Å²) in [4.78, 5) is 25.0. The van der Waals surface area contributed by atoms with Gasteiger partial charge >= 0.3 is 5.97 Å². The molecule has 4 fully saturated rings. The van der Waals surface area contributed by atoms with Crippen LogP contribution in [0.25, 0.3) is 0 Å². The highest BCUT2D eigenvalue weighted by atomic mass is 16.5. The molecule has 0 heterocycles. The summed E-state index contributed by atoms with van der Waals surface area (Å²) in [5.74, 6) is 5.47. The molecule has 3 unspecified atom stereocenters. The number of ether oxygens (including phenoxy) is 1. The van der Waals surface area contributed by atoms with Gasteiger partial charge in [0.2, 0.25) is 5.91 Å². The maximum atomic E-state index is 12.8. The van der Waals surface area contributed by atoms with Crippen LogP contribution < -0.4 is 16.4 Å². The van der Waals surface area contributed by atoms with Crippen molar-refractivity contribution in [2.24, 2.45) is 63.9 Å². The zero-order chi connectivity index (χ0) is 31.2. The van der Waals surface area contributed by atoms with Gasteiger partial charge in [0.05, 0.1) is 7.11 Å². The molecule has 43 heavy (non-hydrogen) atoms. The number of fused-ring (bicyclic) bond motifs is 5. The first-order chi connectivity index (χ1) is 20.5. The molecule has 0 aromatic rings. The van der Waals surface area contributed by atoms with Crippen LogP contribution in [-0.2, 0) is 14.3 Å². The summed E-state index contributed by atoms with van der Waals surface area (Å²) in [5.41, 5.74) is 6.58. The Kier molecular flexibility index (Phi) is 12.5. The van der Waals surface area contributed by atoms with Gasteiger partial charge in [-0.3, -0.25) is 4.79 Å². The molecule has 0 aliphatic heterocycles. The molecule has 10 atom stereocenters. The maximum absolute atomic E-state index is 12.8. The third-order valence-corrected chi connectivity index (χ3v) is 13.6. The van der Waals surface area contributed by atoms with E-state index < -0.39 is 6.04 Å². The highest BCUT2D eigenvalue weighted by Gasteiger charge is 2.60. The van der Waals surface area contributed by atoms with E-state index in [0.29, 0.717) is 29.1 Å². The van der Waals surface area contributed by atoms with E-state index in [4.69, 9.17) is 10.5 Å². The monoisotopic (exact) mass is 602 g/mol. The van der Waals surface area contributed by atoms with Gasteiger partial charge in [-0.1, -0.05) is 47.5 Å². The third kappa shape index (κ3) is 7.81. The highest BCUT2D eigenvalue weighted by molar-refractivity contribution is 5.84. The Morgan fingerprint density at radius 2 is 1.63 bits per heavy atom.